The first kappa shape index (κ1) is 13.3. The highest BCUT2D eigenvalue weighted by Crippen LogP contribution is 2.09. The second-order valence-corrected chi connectivity index (χ2v) is 4.51. The molecule has 0 radical (unpaired) electrons. The molecule has 1 N–H and O–H groups in total. The standard InChI is InChI=1S/C15H19N3O/c1-3-12-6-4-5-7-14(12)15(19)17-9-8-13-10-16-11-18(13)2/h4-7,10-11H,3,8-9H2,1-2H3,(H,17,19). The van der Waals surface area contributed by atoms with Crippen molar-refractivity contribution in [3.63, 3.8) is 0 Å². The predicted octanol–water partition coefficient (Wildman–Crippen LogP) is 1.95. The van der Waals surface area contributed by atoms with Crippen molar-refractivity contribution < 1.29 is 4.79 Å². The molecule has 1 aromatic carbocycles. The van der Waals surface area contributed by atoms with E-state index in [4.69, 9.17) is 0 Å². The Labute approximate surface area is 113 Å². The molecule has 4 nitrogen and oxygen atoms in total. The van der Waals surface area contributed by atoms with Crippen LogP contribution in [-0.4, -0.2) is 22.0 Å². The molecule has 0 bridgehead atoms. The van der Waals surface area contributed by atoms with E-state index < -0.39 is 0 Å². The van der Waals surface area contributed by atoms with Crippen LogP contribution in [0.5, 0.6) is 0 Å². The van der Waals surface area contributed by atoms with Gasteiger partial charge in [0.25, 0.3) is 5.91 Å². The molecule has 0 spiro atoms. The van der Waals surface area contributed by atoms with E-state index >= 15 is 0 Å². The normalized spacial score (nSPS) is 10.4. The third-order valence-corrected chi connectivity index (χ3v) is 3.23. The Morgan fingerprint density at radius 3 is 2.84 bits per heavy atom. The summed E-state index contributed by atoms with van der Waals surface area (Å²) in [5.41, 5.74) is 2.97. The predicted molar refractivity (Wildman–Crippen MR) is 75.1 cm³/mol. The highest BCUT2D eigenvalue weighted by Gasteiger charge is 2.09. The van der Waals surface area contributed by atoms with Crippen molar-refractivity contribution in [3.05, 3.63) is 53.6 Å². The number of imidazole rings is 1. The maximum Gasteiger partial charge on any atom is 0.251 e. The number of hydrogen-bond donors (Lipinski definition) is 1. The summed E-state index contributed by atoms with van der Waals surface area (Å²) in [6, 6.07) is 7.73. The second-order valence-electron chi connectivity index (χ2n) is 4.51. The van der Waals surface area contributed by atoms with Gasteiger partial charge in [-0.1, -0.05) is 25.1 Å². The van der Waals surface area contributed by atoms with Crippen molar-refractivity contribution in [3.8, 4) is 0 Å². The van der Waals surface area contributed by atoms with Gasteiger partial charge in [-0.15, -0.1) is 0 Å². The van der Waals surface area contributed by atoms with Crippen molar-refractivity contribution in [2.45, 2.75) is 19.8 Å². The highest BCUT2D eigenvalue weighted by atomic mass is 16.1. The number of rotatable bonds is 5. The number of carbonyl (C=O) groups is 1. The molecule has 1 aromatic heterocycles. The van der Waals surface area contributed by atoms with Crippen LogP contribution in [0.3, 0.4) is 0 Å². The van der Waals surface area contributed by atoms with Crippen LogP contribution in [0, 0.1) is 0 Å². The average Bonchev–Trinajstić information content (AvgIpc) is 2.84. The van der Waals surface area contributed by atoms with E-state index in [1.54, 1.807) is 6.33 Å². The summed E-state index contributed by atoms with van der Waals surface area (Å²) in [7, 11) is 1.95. The molecule has 2 rings (SSSR count). The third-order valence-electron chi connectivity index (χ3n) is 3.23. The minimum atomic E-state index is -0.000353. The van der Waals surface area contributed by atoms with E-state index in [0.717, 1.165) is 29.7 Å². The van der Waals surface area contributed by atoms with E-state index in [2.05, 4.69) is 17.2 Å². The van der Waals surface area contributed by atoms with Crippen LogP contribution in [-0.2, 0) is 19.9 Å². The number of amides is 1. The number of aromatic nitrogens is 2. The smallest absolute Gasteiger partial charge is 0.251 e. The molecule has 0 aliphatic rings. The van der Waals surface area contributed by atoms with E-state index in [1.807, 2.05) is 42.1 Å². The van der Waals surface area contributed by atoms with Crippen molar-refractivity contribution in [2.75, 3.05) is 6.54 Å². The summed E-state index contributed by atoms with van der Waals surface area (Å²) in [5, 5.41) is 2.96. The van der Waals surface area contributed by atoms with Crippen molar-refractivity contribution in [1.82, 2.24) is 14.9 Å². The lowest BCUT2D eigenvalue weighted by Gasteiger charge is -2.09. The molecule has 0 fully saturated rings. The first-order chi connectivity index (χ1) is 9.22. The first-order valence-electron chi connectivity index (χ1n) is 6.53. The molecule has 1 heterocycles. The first-order valence-corrected chi connectivity index (χ1v) is 6.53. The van der Waals surface area contributed by atoms with Gasteiger partial charge in [-0.05, 0) is 18.1 Å². The Morgan fingerprint density at radius 2 is 2.16 bits per heavy atom. The van der Waals surface area contributed by atoms with E-state index in [-0.39, 0.29) is 5.91 Å². The number of benzene rings is 1. The second kappa shape index (κ2) is 6.18. The maximum atomic E-state index is 12.1. The Bertz CT molecular complexity index is 560. The summed E-state index contributed by atoms with van der Waals surface area (Å²) in [5.74, 6) is -0.000353. The fraction of sp³-hybridized carbons (Fsp3) is 0.333. The lowest BCUT2D eigenvalue weighted by molar-refractivity contribution is 0.0953. The molecule has 0 aliphatic heterocycles. The SMILES string of the molecule is CCc1ccccc1C(=O)NCCc1cncn1C. The minimum absolute atomic E-state index is 0.000353. The fourth-order valence-electron chi connectivity index (χ4n) is 2.07. The van der Waals surface area contributed by atoms with E-state index in [0.29, 0.717) is 6.54 Å². The van der Waals surface area contributed by atoms with E-state index in [9.17, 15) is 4.79 Å². The Balaban J connectivity index is 1.93. The van der Waals surface area contributed by atoms with Gasteiger partial charge in [0.2, 0.25) is 0 Å². The molecule has 4 heteroatoms. The topological polar surface area (TPSA) is 46.9 Å². The van der Waals surface area contributed by atoms with Gasteiger partial charge in [0.05, 0.1) is 6.33 Å². The van der Waals surface area contributed by atoms with Crippen LogP contribution in [0.2, 0.25) is 0 Å². The molecule has 1 amide bonds. The van der Waals surface area contributed by atoms with E-state index in [1.165, 1.54) is 0 Å². The number of aryl methyl sites for hydroxylation is 2. The van der Waals surface area contributed by atoms with Crippen LogP contribution in [0.25, 0.3) is 0 Å². The average molecular weight is 257 g/mol. The van der Waals surface area contributed by atoms with Crippen LogP contribution < -0.4 is 5.32 Å². The Hall–Kier alpha value is -2.10. The zero-order chi connectivity index (χ0) is 13.7. The summed E-state index contributed by atoms with van der Waals surface area (Å²) < 4.78 is 1.96. The number of carbonyl (C=O) groups excluding carboxylic acids is 1. The van der Waals surface area contributed by atoms with Gasteiger partial charge in [-0.2, -0.15) is 0 Å². The molecule has 0 saturated heterocycles. The van der Waals surface area contributed by atoms with Crippen LogP contribution >= 0.6 is 0 Å². The zero-order valence-electron chi connectivity index (χ0n) is 11.4. The molecule has 0 atom stereocenters. The Morgan fingerprint density at radius 1 is 1.37 bits per heavy atom. The van der Waals surface area contributed by atoms with Gasteiger partial charge in [-0.25, -0.2) is 4.98 Å². The molecule has 0 saturated carbocycles. The van der Waals surface area contributed by atoms with Crippen molar-refractivity contribution in [1.29, 1.82) is 0 Å². The molecule has 0 aliphatic carbocycles. The molecule has 0 unspecified atom stereocenters. The monoisotopic (exact) mass is 257 g/mol. The number of nitrogens with one attached hydrogen (secondary N) is 1. The highest BCUT2D eigenvalue weighted by molar-refractivity contribution is 5.95. The number of hydrogen-bond acceptors (Lipinski definition) is 2. The van der Waals surface area contributed by atoms with Gasteiger partial charge in [0.1, 0.15) is 0 Å². The van der Waals surface area contributed by atoms with Crippen molar-refractivity contribution >= 4 is 5.91 Å². The Kier molecular flexibility index (Phi) is 4.34. The summed E-state index contributed by atoms with van der Waals surface area (Å²) in [6.45, 7) is 2.68. The van der Waals surface area contributed by atoms with Crippen LogP contribution in [0.4, 0.5) is 0 Å². The summed E-state index contributed by atoms with van der Waals surface area (Å²) in [6.07, 6.45) is 5.25. The molecule has 19 heavy (non-hydrogen) atoms. The van der Waals surface area contributed by atoms with Gasteiger partial charge in [-0.3, -0.25) is 4.79 Å². The summed E-state index contributed by atoms with van der Waals surface area (Å²) >= 11 is 0. The lowest BCUT2D eigenvalue weighted by Crippen LogP contribution is -2.27. The van der Waals surface area contributed by atoms with Crippen LogP contribution in [0.15, 0.2) is 36.8 Å². The maximum absolute atomic E-state index is 12.1. The fourth-order valence-corrected chi connectivity index (χ4v) is 2.07. The van der Waals surface area contributed by atoms with Gasteiger partial charge in [0.15, 0.2) is 0 Å². The minimum Gasteiger partial charge on any atom is -0.352 e. The molecule has 2 aromatic rings. The van der Waals surface area contributed by atoms with Gasteiger partial charge < -0.3 is 9.88 Å². The quantitative estimate of drug-likeness (QED) is 0.890. The number of nitrogens with zero attached hydrogens (tertiary/aromatic N) is 2. The molecular weight excluding hydrogens is 238 g/mol. The molecule has 100 valence electrons. The zero-order valence-corrected chi connectivity index (χ0v) is 11.4. The third kappa shape index (κ3) is 3.22. The molecular formula is C15H19N3O. The lowest BCUT2D eigenvalue weighted by atomic mass is 10.0. The van der Waals surface area contributed by atoms with Crippen LogP contribution in [0.1, 0.15) is 28.5 Å². The summed E-state index contributed by atoms with van der Waals surface area (Å²) in [4.78, 5) is 16.2. The largest absolute Gasteiger partial charge is 0.352 e. The van der Waals surface area contributed by atoms with Crippen molar-refractivity contribution in [2.24, 2.45) is 7.05 Å². The van der Waals surface area contributed by atoms with Gasteiger partial charge in [0, 0.05) is 37.5 Å². The van der Waals surface area contributed by atoms with Gasteiger partial charge >= 0.3 is 0 Å².